The van der Waals surface area contributed by atoms with Gasteiger partial charge in [0.2, 0.25) is 0 Å². The first-order valence-electron chi connectivity index (χ1n) is 5.96. The molecule has 1 aromatic heterocycles. The number of carboxylic acid groups (broad SMARTS) is 1. The van der Waals surface area contributed by atoms with Crippen LogP contribution >= 0.6 is 11.8 Å². The van der Waals surface area contributed by atoms with Crippen LogP contribution in [0.15, 0.2) is 23.4 Å². The fourth-order valence-corrected chi connectivity index (χ4v) is 2.32. The van der Waals surface area contributed by atoms with Gasteiger partial charge in [0.05, 0.1) is 11.0 Å². The molecule has 2 rings (SSSR count). The van der Waals surface area contributed by atoms with Crippen molar-refractivity contribution in [3.05, 3.63) is 23.9 Å². The van der Waals surface area contributed by atoms with E-state index in [-0.39, 0.29) is 12.1 Å². The number of carbonyl (C=O) groups is 2. The first-order valence-corrected chi connectivity index (χ1v) is 6.77. The lowest BCUT2D eigenvalue weighted by Gasteiger charge is -2.13. The second kappa shape index (κ2) is 5.55. The quantitative estimate of drug-likeness (QED) is 0.814. The number of carboxylic acids is 1. The minimum Gasteiger partial charge on any atom is -0.481 e. The van der Waals surface area contributed by atoms with Gasteiger partial charge in [-0.3, -0.25) is 9.59 Å². The van der Waals surface area contributed by atoms with E-state index in [0.717, 1.165) is 6.20 Å². The van der Waals surface area contributed by atoms with Crippen LogP contribution in [-0.4, -0.2) is 34.0 Å². The lowest BCUT2D eigenvalue weighted by molar-refractivity contribution is -0.143. The molecule has 114 valence electrons. The van der Waals surface area contributed by atoms with E-state index in [4.69, 9.17) is 5.11 Å². The molecule has 1 saturated carbocycles. The summed E-state index contributed by atoms with van der Waals surface area (Å²) >= 11 is -0.477. The van der Waals surface area contributed by atoms with Crippen LogP contribution in [0.5, 0.6) is 0 Å². The van der Waals surface area contributed by atoms with Crippen LogP contribution in [0.2, 0.25) is 0 Å². The number of aromatic nitrogens is 1. The molecule has 0 radical (unpaired) electrons. The summed E-state index contributed by atoms with van der Waals surface area (Å²) in [6, 6.07) is 2.57. The highest BCUT2D eigenvalue weighted by Crippen LogP contribution is 2.45. The Morgan fingerprint density at radius 1 is 1.43 bits per heavy atom. The van der Waals surface area contributed by atoms with Crippen molar-refractivity contribution in [2.24, 2.45) is 5.41 Å². The van der Waals surface area contributed by atoms with Crippen LogP contribution in [0, 0.1) is 5.41 Å². The zero-order valence-corrected chi connectivity index (χ0v) is 11.4. The van der Waals surface area contributed by atoms with Crippen molar-refractivity contribution in [2.45, 2.75) is 23.4 Å². The van der Waals surface area contributed by atoms with Gasteiger partial charge in [0.25, 0.3) is 5.91 Å². The Balaban J connectivity index is 2.07. The number of alkyl halides is 3. The molecule has 1 aliphatic rings. The van der Waals surface area contributed by atoms with Gasteiger partial charge in [0, 0.05) is 24.5 Å². The summed E-state index contributed by atoms with van der Waals surface area (Å²) < 4.78 is 37.2. The third-order valence-corrected chi connectivity index (χ3v) is 3.87. The molecular formula is C12H11F3N2O3S. The number of carbonyl (C=O) groups excluding carboxylic acids is 1. The molecule has 0 unspecified atom stereocenters. The number of hydrogen-bond acceptors (Lipinski definition) is 4. The fourth-order valence-electron chi connectivity index (χ4n) is 1.72. The third-order valence-electron chi connectivity index (χ3n) is 3.12. The Bertz CT molecular complexity index is 573. The molecule has 1 aliphatic carbocycles. The number of rotatable bonds is 5. The minimum atomic E-state index is -4.55. The molecule has 0 bridgehead atoms. The van der Waals surface area contributed by atoms with E-state index >= 15 is 0 Å². The normalized spacial score (nSPS) is 16.3. The number of hydrogen-bond donors (Lipinski definition) is 2. The molecule has 0 saturated heterocycles. The molecule has 0 atom stereocenters. The second-order valence-electron chi connectivity index (χ2n) is 4.67. The van der Waals surface area contributed by atoms with Gasteiger partial charge in [0.15, 0.2) is 0 Å². The molecule has 1 fully saturated rings. The largest absolute Gasteiger partial charge is 0.481 e. The van der Waals surface area contributed by atoms with Crippen molar-refractivity contribution >= 4 is 23.6 Å². The van der Waals surface area contributed by atoms with E-state index < -0.39 is 39.6 Å². The summed E-state index contributed by atoms with van der Waals surface area (Å²) in [5.74, 6) is -1.78. The molecule has 2 N–H and O–H groups in total. The van der Waals surface area contributed by atoms with Crippen molar-refractivity contribution in [1.29, 1.82) is 0 Å². The number of pyridine rings is 1. The van der Waals surface area contributed by atoms with Crippen LogP contribution < -0.4 is 5.32 Å². The van der Waals surface area contributed by atoms with Crippen LogP contribution in [0.25, 0.3) is 0 Å². The maximum atomic E-state index is 12.4. The monoisotopic (exact) mass is 320 g/mol. The van der Waals surface area contributed by atoms with Crippen molar-refractivity contribution in [2.75, 3.05) is 6.54 Å². The average molecular weight is 320 g/mol. The van der Waals surface area contributed by atoms with E-state index in [1.807, 2.05) is 0 Å². The maximum Gasteiger partial charge on any atom is 0.447 e. The fraction of sp³-hybridized carbons (Fsp3) is 0.417. The molecule has 1 amide bonds. The smallest absolute Gasteiger partial charge is 0.447 e. The van der Waals surface area contributed by atoms with Gasteiger partial charge in [-0.15, -0.1) is 0 Å². The maximum absolute atomic E-state index is 12.4. The predicted molar refractivity (Wildman–Crippen MR) is 67.8 cm³/mol. The zero-order chi connectivity index (χ0) is 15.7. The molecule has 9 heteroatoms. The van der Waals surface area contributed by atoms with Crippen LogP contribution in [0.1, 0.15) is 23.2 Å². The Morgan fingerprint density at radius 3 is 2.62 bits per heavy atom. The highest BCUT2D eigenvalue weighted by Gasteiger charge is 2.50. The summed E-state index contributed by atoms with van der Waals surface area (Å²) in [7, 11) is 0. The van der Waals surface area contributed by atoms with Gasteiger partial charge in [0.1, 0.15) is 5.03 Å². The Morgan fingerprint density at radius 2 is 2.10 bits per heavy atom. The van der Waals surface area contributed by atoms with E-state index in [9.17, 15) is 22.8 Å². The van der Waals surface area contributed by atoms with Gasteiger partial charge >= 0.3 is 11.5 Å². The summed E-state index contributed by atoms with van der Waals surface area (Å²) in [6.07, 6.45) is 2.05. The number of nitrogens with zero attached hydrogens (tertiary/aromatic N) is 1. The van der Waals surface area contributed by atoms with Gasteiger partial charge in [-0.1, -0.05) is 0 Å². The van der Waals surface area contributed by atoms with E-state index in [2.05, 4.69) is 10.3 Å². The van der Waals surface area contributed by atoms with Crippen molar-refractivity contribution in [1.82, 2.24) is 10.3 Å². The van der Waals surface area contributed by atoms with E-state index in [0.29, 0.717) is 12.8 Å². The van der Waals surface area contributed by atoms with E-state index in [1.165, 1.54) is 12.1 Å². The predicted octanol–water partition coefficient (Wildman–Crippen LogP) is 2.29. The molecular weight excluding hydrogens is 309 g/mol. The first kappa shape index (κ1) is 15.6. The Kier molecular flexibility index (Phi) is 4.13. The Hall–Kier alpha value is -1.77. The SMILES string of the molecule is O=C(NCC1(C(=O)O)CC1)c1cccnc1SC(F)(F)F. The number of aliphatic carboxylic acids is 1. The molecule has 21 heavy (non-hydrogen) atoms. The van der Waals surface area contributed by atoms with Crippen molar-refractivity contribution in [3.63, 3.8) is 0 Å². The van der Waals surface area contributed by atoms with Crippen LogP contribution in [0.4, 0.5) is 13.2 Å². The second-order valence-corrected chi connectivity index (χ2v) is 5.73. The first-order chi connectivity index (χ1) is 9.73. The standard InChI is InChI=1S/C12H11F3N2O3S/c13-12(14,15)21-9-7(2-1-5-16-9)8(18)17-6-11(3-4-11)10(19)20/h1-2,5H,3-4,6H2,(H,17,18)(H,19,20). The lowest BCUT2D eigenvalue weighted by Crippen LogP contribution is -2.34. The van der Waals surface area contributed by atoms with Crippen molar-refractivity contribution in [3.8, 4) is 0 Å². The number of thioether (sulfide) groups is 1. The van der Waals surface area contributed by atoms with Gasteiger partial charge in [-0.2, -0.15) is 13.2 Å². The number of nitrogens with one attached hydrogen (secondary N) is 1. The topological polar surface area (TPSA) is 79.3 Å². The summed E-state index contributed by atoms with van der Waals surface area (Å²) in [5.41, 5.74) is -5.75. The highest BCUT2D eigenvalue weighted by atomic mass is 32.2. The number of halogens is 3. The third kappa shape index (κ3) is 3.87. The molecule has 0 aliphatic heterocycles. The number of amides is 1. The van der Waals surface area contributed by atoms with Gasteiger partial charge in [-0.05, 0) is 25.0 Å². The summed E-state index contributed by atoms with van der Waals surface area (Å²) in [4.78, 5) is 26.4. The molecule has 1 heterocycles. The van der Waals surface area contributed by atoms with Gasteiger partial charge < -0.3 is 10.4 Å². The zero-order valence-electron chi connectivity index (χ0n) is 10.6. The van der Waals surface area contributed by atoms with Crippen LogP contribution in [0.3, 0.4) is 0 Å². The minimum absolute atomic E-state index is 0.105. The Labute approximate surface area is 121 Å². The van der Waals surface area contributed by atoms with Crippen molar-refractivity contribution < 1.29 is 27.9 Å². The summed E-state index contributed by atoms with van der Waals surface area (Å²) in [6.45, 7) is -0.105. The van der Waals surface area contributed by atoms with Crippen LogP contribution in [-0.2, 0) is 4.79 Å². The lowest BCUT2D eigenvalue weighted by atomic mass is 10.1. The molecule has 5 nitrogen and oxygen atoms in total. The van der Waals surface area contributed by atoms with Gasteiger partial charge in [-0.25, -0.2) is 4.98 Å². The molecule has 1 aromatic rings. The van der Waals surface area contributed by atoms with E-state index in [1.54, 1.807) is 0 Å². The highest BCUT2D eigenvalue weighted by molar-refractivity contribution is 8.00. The summed E-state index contributed by atoms with van der Waals surface area (Å²) in [5, 5.41) is 10.9. The molecule has 0 spiro atoms. The average Bonchev–Trinajstić information content (AvgIpc) is 3.16. The molecule has 0 aromatic carbocycles.